The molecule has 0 bridgehead atoms. The molecule has 0 spiro atoms. The fourth-order valence-corrected chi connectivity index (χ4v) is 4.26. The van der Waals surface area contributed by atoms with Gasteiger partial charge in [-0.2, -0.15) is 0 Å². The van der Waals surface area contributed by atoms with Crippen LogP contribution in [0.5, 0.6) is 0 Å². The summed E-state index contributed by atoms with van der Waals surface area (Å²) in [5, 5.41) is 12.2. The molecule has 1 unspecified atom stereocenters. The van der Waals surface area contributed by atoms with E-state index in [4.69, 9.17) is 0 Å². The van der Waals surface area contributed by atoms with E-state index >= 15 is 0 Å². The van der Waals surface area contributed by atoms with Gasteiger partial charge >= 0.3 is 5.97 Å². The number of hydrogen-bond acceptors (Lipinski definition) is 5. The van der Waals surface area contributed by atoms with Crippen LogP contribution in [0.4, 0.5) is 0 Å². The van der Waals surface area contributed by atoms with Crippen LogP contribution >= 0.6 is 22.7 Å². The first-order chi connectivity index (χ1) is 10.3. The van der Waals surface area contributed by atoms with Gasteiger partial charge in [0, 0.05) is 23.4 Å². The van der Waals surface area contributed by atoms with Crippen LogP contribution in [0, 0.1) is 6.92 Å². The summed E-state index contributed by atoms with van der Waals surface area (Å²) in [6, 6.07) is 2.11. The molecule has 0 saturated heterocycles. The van der Waals surface area contributed by atoms with Gasteiger partial charge in [0.05, 0.1) is 10.7 Å². The molecule has 0 aliphatic carbocycles. The number of carbonyl (C=O) groups is 1. The molecular formula is C16H22N2O2S2. The number of nitrogens with zero attached hydrogens (tertiary/aromatic N) is 2. The minimum Gasteiger partial charge on any atom is -0.477 e. The minimum absolute atomic E-state index is 0.214. The molecular weight excluding hydrogens is 316 g/mol. The van der Waals surface area contributed by atoms with Crippen LogP contribution in [0.2, 0.25) is 0 Å². The van der Waals surface area contributed by atoms with E-state index in [1.165, 1.54) is 16.2 Å². The topological polar surface area (TPSA) is 53.4 Å². The van der Waals surface area contributed by atoms with Crippen LogP contribution in [0.25, 0.3) is 0 Å². The van der Waals surface area contributed by atoms with Crippen molar-refractivity contribution in [2.75, 3.05) is 7.05 Å². The molecule has 0 radical (unpaired) electrons. The van der Waals surface area contributed by atoms with E-state index in [9.17, 15) is 9.90 Å². The fourth-order valence-electron chi connectivity index (χ4n) is 2.32. The van der Waals surface area contributed by atoms with Gasteiger partial charge in [-0.15, -0.1) is 22.7 Å². The maximum absolute atomic E-state index is 11.2. The molecule has 0 fully saturated rings. The van der Waals surface area contributed by atoms with Crippen LogP contribution < -0.4 is 0 Å². The second-order valence-corrected chi connectivity index (χ2v) is 7.81. The number of aryl methyl sites for hydroxylation is 1. The van der Waals surface area contributed by atoms with E-state index < -0.39 is 5.97 Å². The van der Waals surface area contributed by atoms with Crippen molar-refractivity contribution in [2.24, 2.45) is 0 Å². The first-order valence-corrected chi connectivity index (χ1v) is 8.98. The first kappa shape index (κ1) is 17.1. The molecule has 0 saturated carbocycles. The van der Waals surface area contributed by atoms with Gasteiger partial charge in [-0.1, -0.05) is 13.8 Å². The van der Waals surface area contributed by atoms with Gasteiger partial charge in [-0.3, -0.25) is 4.90 Å². The van der Waals surface area contributed by atoms with Gasteiger partial charge in [-0.05, 0) is 37.9 Å². The molecule has 2 rings (SSSR count). The first-order valence-electron chi connectivity index (χ1n) is 7.28. The van der Waals surface area contributed by atoms with Gasteiger partial charge in [0.2, 0.25) is 0 Å². The predicted molar refractivity (Wildman–Crippen MR) is 92.1 cm³/mol. The Morgan fingerprint density at radius 1 is 1.41 bits per heavy atom. The number of rotatable bonds is 6. The molecule has 120 valence electrons. The summed E-state index contributed by atoms with van der Waals surface area (Å²) in [6.07, 6.45) is 0. The molecule has 2 heterocycles. The number of aromatic carboxylic acids is 1. The normalized spacial score (nSPS) is 13.0. The molecule has 0 amide bonds. The van der Waals surface area contributed by atoms with Crippen molar-refractivity contribution in [3.63, 3.8) is 0 Å². The van der Waals surface area contributed by atoms with Crippen LogP contribution in [0.15, 0.2) is 11.4 Å². The highest BCUT2D eigenvalue weighted by atomic mass is 32.1. The van der Waals surface area contributed by atoms with E-state index in [2.05, 4.69) is 37.6 Å². The molecule has 4 nitrogen and oxygen atoms in total. The Kier molecular flexibility index (Phi) is 5.36. The Balaban J connectivity index is 2.17. The summed E-state index contributed by atoms with van der Waals surface area (Å²) in [4.78, 5) is 19.8. The molecule has 2 aromatic heterocycles. The fraction of sp³-hybridized carbons (Fsp3) is 0.500. The summed E-state index contributed by atoms with van der Waals surface area (Å²) in [7, 11) is 2.03. The summed E-state index contributed by atoms with van der Waals surface area (Å²) < 4.78 is 0. The average molecular weight is 338 g/mol. The number of aromatic nitrogens is 1. The third kappa shape index (κ3) is 3.56. The van der Waals surface area contributed by atoms with Crippen LogP contribution in [-0.4, -0.2) is 28.0 Å². The lowest BCUT2D eigenvalue weighted by Crippen LogP contribution is -2.22. The maximum Gasteiger partial charge on any atom is 0.346 e. The number of thiazole rings is 1. The molecule has 1 N–H and O–H groups in total. The zero-order chi connectivity index (χ0) is 16.4. The molecule has 0 aromatic carbocycles. The minimum atomic E-state index is -0.845. The van der Waals surface area contributed by atoms with Gasteiger partial charge in [0.1, 0.15) is 4.88 Å². The lowest BCUT2D eigenvalue weighted by atomic mass is 10.1. The van der Waals surface area contributed by atoms with Crippen molar-refractivity contribution in [1.82, 2.24) is 9.88 Å². The molecule has 6 heteroatoms. The molecule has 22 heavy (non-hydrogen) atoms. The Hall–Kier alpha value is -1.24. The van der Waals surface area contributed by atoms with E-state index in [0.29, 0.717) is 17.3 Å². The molecule has 0 aliphatic heterocycles. The van der Waals surface area contributed by atoms with Crippen molar-refractivity contribution < 1.29 is 9.90 Å². The molecule has 0 aliphatic rings. The van der Waals surface area contributed by atoms with Crippen molar-refractivity contribution in [1.29, 1.82) is 0 Å². The van der Waals surface area contributed by atoms with Crippen LogP contribution in [0.3, 0.4) is 0 Å². The third-order valence-electron chi connectivity index (χ3n) is 3.74. The lowest BCUT2D eigenvalue weighted by molar-refractivity contribution is 0.0700. The zero-order valence-electron chi connectivity index (χ0n) is 13.6. The SMILES string of the molecule is Cc1nc(C(C)C)sc1C(C)N(C)Cc1ccsc1C(=O)O. The van der Waals surface area contributed by atoms with Crippen LogP contribution in [-0.2, 0) is 6.54 Å². The lowest BCUT2D eigenvalue weighted by Gasteiger charge is -2.24. The largest absolute Gasteiger partial charge is 0.477 e. The number of hydrogen-bond donors (Lipinski definition) is 1. The summed E-state index contributed by atoms with van der Waals surface area (Å²) in [5.74, 6) is -0.410. The predicted octanol–water partition coefficient (Wildman–Crippen LogP) is 4.53. The maximum atomic E-state index is 11.2. The summed E-state index contributed by atoms with van der Waals surface area (Å²) in [5.41, 5.74) is 1.95. The van der Waals surface area contributed by atoms with Gasteiger partial charge < -0.3 is 5.11 Å². The van der Waals surface area contributed by atoms with E-state index in [1.807, 2.05) is 18.5 Å². The second kappa shape index (κ2) is 6.89. The second-order valence-electron chi connectivity index (χ2n) is 5.83. The van der Waals surface area contributed by atoms with Crippen LogP contribution in [0.1, 0.15) is 63.5 Å². The molecule has 2 aromatic rings. The Morgan fingerprint density at radius 3 is 2.64 bits per heavy atom. The molecule has 1 atom stereocenters. The average Bonchev–Trinajstić information content (AvgIpc) is 3.04. The highest BCUT2D eigenvalue weighted by Crippen LogP contribution is 2.32. The Labute approximate surface area is 139 Å². The summed E-state index contributed by atoms with van der Waals surface area (Å²) >= 11 is 3.04. The highest BCUT2D eigenvalue weighted by Gasteiger charge is 2.21. The number of carboxylic acids is 1. The van der Waals surface area contributed by atoms with E-state index in [-0.39, 0.29) is 6.04 Å². The van der Waals surface area contributed by atoms with Crippen molar-refractivity contribution in [3.05, 3.63) is 37.5 Å². The highest BCUT2D eigenvalue weighted by molar-refractivity contribution is 7.12. The van der Waals surface area contributed by atoms with E-state index in [1.54, 1.807) is 11.3 Å². The van der Waals surface area contributed by atoms with Gasteiger partial charge in [0.15, 0.2) is 0 Å². The zero-order valence-corrected chi connectivity index (χ0v) is 15.2. The Bertz CT molecular complexity index is 661. The number of thiophene rings is 1. The Morgan fingerprint density at radius 2 is 2.09 bits per heavy atom. The standard InChI is InChI=1S/C16H22N2O2S2/c1-9(2)15-17-10(3)13(22-15)11(4)18(5)8-12-6-7-21-14(12)16(19)20/h6-7,9,11H,8H2,1-5H3,(H,19,20). The summed E-state index contributed by atoms with van der Waals surface area (Å²) in [6.45, 7) is 9.13. The van der Waals surface area contributed by atoms with Gasteiger partial charge in [-0.25, -0.2) is 9.78 Å². The van der Waals surface area contributed by atoms with Crippen molar-refractivity contribution in [2.45, 2.75) is 46.2 Å². The smallest absolute Gasteiger partial charge is 0.346 e. The third-order valence-corrected chi connectivity index (χ3v) is 6.32. The van der Waals surface area contributed by atoms with Gasteiger partial charge in [0.25, 0.3) is 0 Å². The monoisotopic (exact) mass is 338 g/mol. The van der Waals surface area contributed by atoms with Crippen molar-refractivity contribution in [3.8, 4) is 0 Å². The van der Waals surface area contributed by atoms with Crippen molar-refractivity contribution >= 4 is 28.6 Å². The number of carboxylic acid groups (broad SMARTS) is 1. The van der Waals surface area contributed by atoms with E-state index in [0.717, 1.165) is 16.3 Å². The quantitative estimate of drug-likeness (QED) is 0.841.